The Kier molecular flexibility index (Phi) is 6.05. The number of carbonyl (C=O) groups excluding carboxylic acids is 1. The number of carbonyl (C=O) groups is 1. The summed E-state index contributed by atoms with van der Waals surface area (Å²) in [6.07, 6.45) is 3.35. The van der Waals surface area contributed by atoms with E-state index in [0.29, 0.717) is 13.0 Å². The van der Waals surface area contributed by atoms with Crippen LogP contribution in [0.2, 0.25) is 0 Å². The number of hydrogen-bond donors (Lipinski definition) is 1. The van der Waals surface area contributed by atoms with Gasteiger partial charge in [-0.2, -0.15) is 0 Å². The minimum Gasteiger partial charge on any atom is -0.491 e. The molecule has 1 amide bonds. The van der Waals surface area contributed by atoms with Crippen LogP contribution in [0.15, 0.2) is 84.6 Å². The fourth-order valence-electron chi connectivity index (χ4n) is 3.14. The maximum Gasteiger partial charge on any atom is 0.207 e. The van der Waals surface area contributed by atoms with Crippen molar-refractivity contribution in [1.82, 2.24) is 5.32 Å². The van der Waals surface area contributed by atoms with Crippen LogP contribution in [-0.4, -0.2) is 12.5 Å². The zero-order valence-electron chi connectivity index (χ0n) is 14.9. The van der Waals surface area contributed by atoms with Crippen molar-refractivity contribution in [3.63, 3.8) is 0 Å². The molecule has 132 valence electrons. The highest BCUT2D eigenvalue weighted by molar-refractivity contribution is 5.85. The van der Waals surface area contributed by atoms with Crippen LogP contribution in [0, 0.1) is 0 Å². The number of rotatable bonds is 8. The van der Waals surface area contributed by atoms with Crippen LogP contribution in [0.4, 0.5) is 0 Å². The lowest BCUT2D eigenvalue weighted by molar-refractivity contribution is -0.110. The SMILES string of the molecule is C/C=C(/OCc1cccc2ccccc12)C(Cc1ccccc1)NC=O. The summed E-state index contributed by atoms with van der Waals surface area (Å²) in [5, 5.41) is 5.27. The molecule has 0 aliphatic rings. The minimum absolute atomic E-state index is 0.185. The van der Waals surface area contributed by atoms with Crippen molar-refractivity contribution in [2.24, 2.45) is 0 Å². The smallest absolute Gasteiger partial charge is 0.207 e. The third kappa shape index (κ3) is 4.31. The largest absolute Gasteiger partial charge is 0.491 e. The maximum atomic E-state index is 11.1. The molecular weight excluding hydrogens is 322 g/mol. The van der Waals surface area contributed by atoms with Crippen molar-refractivity contribution in [2.75, 3.05) is 0 Å². The molecule has 1 unspecified atom stereocenters. The summed E-state index contributed by atoms with van der Waals surface area (Å²) in [5.41, 5.74) is 2.28. The van der Waals surface area contributed by atoms with Crippen molar-refractivity contribution in [1.29, 1.82) is 0 Å². The fourth-order valence-corrected chi connectivity index (χ4v) is 3.14. The number of benzene rings is 3. The van der Waals surface area contributed by atoms with E-state index in [2.05, 4.69) is 41.7 Å². The van der Waals surface area contributed by atoms with Crippen LogP contribution in [-0.2, 0) is 22.6 Å². The predicted molar refractivity (Wildman–Crippen MR) is 106 cm³/mol. The van der Waals surface area contributed by atoms with Gasteiger partial charge in [-0.25, -0.2) is 0 Å². The Morgan fingerprint density at radius 3 is 2.50 bits per heavy atom. The van der Waals surface area contributed by atoms with Gasteiger partial charge in [-0.15, -0.1) is 0 Å². The summed E-state index contributed by atoms with van der Waals surface area (Å²) in [4.78, 5) is 11.1. The van der Waals surface area contributed by atoms with Crippen LogP contribution < -0.4 is 5.32 Å². The van der Waals surface area contributed by atoms with E-state index in [4.69, 9.17) is 4.74 Å². The van der Waals surface area contributed by atoms with Gasteiger partial charge in [-0.05, 0) is 41.3 Å². The average Bonchev–Trinajstić information content (AvgIpc) is 2.69. The minimum atomic E-state index is -0.185. The summed E-state index contributed by atoms with van der Waals surface area (Å²) >= 11 is 0. The molecule has 0 saturated carbocycles. The monoisotopic (exact) mass is 345 g/mol. The Balaban J connectivity index is 1.75. The lowest BCUT2D eigenvalue weighted by Gasteiger charge is -2.21. The first-order valence-electron chi connectivity index (χ1n) is 8.81. The number of hydrogen-bond acceptors (Lipinski definition) is 2. The molecule has 0 spiro atoms. The van der Waals surface area contributed by atoms with E-state index in [1.165, 1.54) is 10.8 Å². The Bertz CT molecular complexity index is 882. The van der Waals surface area contributed by atoms with Gasteiger partial charge in [0.25, 0.3) is 0 Å². The van der Waals surface area contributed by atoms with E-state index in [-0.39, 0.29) is 6.04 Å². The first-order chi connectivity index (χ1) is 12.8. The zero-order valence-corrected chi connectivity index (χ0v) is 14.9. The number of nitrogens with one attached hydrogen (secondary N) is 1. The fraction of sp³-hybridized carbons (Fsp3) is 0.174. The molecule has 3 aromatic rings. The molecule has 1 N–H and O–H groups in total. The quantitative estimate of drug-likeness (QED) is 0.478. The molecule has 0 bridgehead atoms. The van der Waals surface area contributed by atoms with Crippen LogP contribution in [0.3, 0.4) is 0 Å². The van der Waals surface area contributed by atoms with E-state index < -0.39 is 0 Å². The van der Waals surface area contributed by atoms with Gasteiger partial charge in [0.05, 0.1) is 6.04 Å². The van der Waals surface area contributed by atoms with Crippen molar-refractivity contribution in [3.05, 3.63) is 95.8 Å². The summed E-state index contributed by atoms with van der Waals surface area (Å²) in [6, 6.07) is 24.4. The van der Waals surface area contributed by atoms with Gasteiger partial charge in [0.1, 0.15) is 12.4 Å². The lowest BCUT2D eigenvalue weighted by atomic mass is 10.0. The van der Waals surface area contributed by atoms with Crippen LogP contribution >= 0.6 is 0 Å². The van der Waals surface area contributed by atoms with E-state index >= 15 is 0 Å². The molecule has 0 aliphatic heterocycles. The summed E-state index contributed by atoms with van der Waals surface area (Å²) < 4.78 is 6.11. The lowest BCUT2D eigenvalue weighted by Crippen LogP contribution is -2.33. The average molecular weight is 345 g/mol. The Hall–Kier alpha value is -3.07. The van der Waals surface area contributed by atoms with Gasteiger partial charge >= 0.3 is 0 Å². The van der Waals surface area contributed by atoms with E-state index in [0.717, 1.165) is 23.3 Å². The number of allylic oxidation sites excluding steroid dienone is 1. The summed E-state index contributed by atoms with van der Waals surface area (Å²) in [7, 11) is 0. The normalized spacial score (nSPS) is 12.6. The van der Waals surface area contributed by atoms with E-state index in [1.54, 1.807) is 0 Å². The first-order valence-corrected chi connectivity index (χ1v) is 8.81. The molecule has 1 atom stereocenters. The second kappa shape index (κ2) is 8.86. The molecule has 3 aromatic carbocycles. The third-order valence-electron chi connectivity index (χ3n) is 4.45. The molecule has 0 radical (unpaired) electrons. The predicted octanol–water partition coefficient (Wildman–Crippen LogP) is 4.62. The molecule has 0 aromatic heterocycles. The van der Waals surface area contributed by atoms with Gasteiger partial charge in [0.2, 0.25) is 6.41 Å². The highest BCUT2D eigenvalue weighted by Gasteiger charge is 2.15. The Labute approximate surface area is 154 Å². The molecule has 3 heteroatoms. The Morgan fingerprint density at radius 2 is 1.73 bits per heavy atom. The standard InChI is InChI=1S/C23H23NO2/c1-2-23(22(24-17-25)15-18-9-4-3-5-10-18)26-16-20-13-8-12-19-11-6-7-14-21(19)20/h2-14,17,22H,15-16H2,1H3,(H,24,25)/b23-2+. The first kappa shape index (κ1) is 17.7. The number of ether oxygens (including phenoxy) is 1. The second-order valence-corrected chi connectivity index (χ2v) is 6.14. The third-order valence-corrected chi connectivity index (χ3v) is 4.45. The molecule has 0 aliphatic carbocycles. The van der Waals surface area contributed by atoms with Crippen LogP contribution in [0.5, 0.6) is 0 Å². The summed E-state index contributed by atoms with van der Waals surface area (Å²) in [5.74, 6) is 0.772. The van der Waals surface area contributed by atoms with Crippen molar-refractivity contribution in [2.45, 2.75) is 26.0 Å². The molecule has 3 nitrogen and oxygen atoms in total. The van der Waals surface area contributed by atoms with E-state index in [1.807, 2.05) is 49.4 Å². The van der Waals surface area contributed by atoms with Gasteiger partial charge in [-0.3, -0.25) is 4.79 Å². The molecule has 26 heavy (non-hydrogen) atoms. The molecule has 0 saturated heterocycles. The molecular formula is C23H23NO2. The summed E-state index contributed by atoms with van der Waals surface area (Å²) in [6.45, 7) is 2.40. The Morgan fingerprint density at radius 1 is 1.00 bits per heavy atom. The van der Waals surface area contributed by atoms with Crippen LogP contribution in [0.1, 0.15) is 18.1 Å². The number of amides is 1. The highest BCUT2D eigenvalue weighted by atomic mass is 16.5. The number of fused-ring (bicyclic) bond motifs is 1. The van der Waals surface area contributed by atoms with Crippen molar-refractivity contribution >= 4 is 17.2 Å². The molecule has 3 rings (SSSR count). The van der Waals surface area contributed by atoms with Gasteiger partial charge in [-0.1, -0.05) is 72.8 Å². The highest BCUT2D eigenvalue weighted by Crippen LogP contribution is 2.21. The van der Waals surface area contributed by atoms with Gasteiger partial charge in [0, 0.05) is 0 Å². The van der Waals surface area contributed by atoms with E-state index in [9.17, 15) is 4.79 Å². The molecule has 0 heterocycles. The van der Waals surface area contributed by atoms with Crippen molar-refractivity contribution < 1.29 is 9.53 Å². The second-order valence-electron chi connectivity index (χ2n) is 6.14. The maximum absolute atomic E-state index is 11.1. The topological polar surface area (TPSA) is 38.3 Å². The van der Waals surface area contributed by atoms with Crippen molar-refractivity contribution in [3.8, 4) is 0 Å². The van der Waals surface area contributed by atoms with Gasteiger partial charge in [0.15, 0.2) is 0 Å². The molecule has 0 fully saturated rings. The zero-order chi connectivity index (χ0) is 18.2. The van der Waals surface area contributed by atoms with Crippen LogP contribution in [0.25, 0.3) is 10.8 Å². The van der Waals surface area contributed by atoms with Gasteiger partial charge < -0.3 is 10.1 Å².